The van der Waals surface area contributed by atoms with Crippen LogP contribution in [0.1, 0.15) is 30.0 Å². The molecule has 0 aliphatic heterocycles. The van der Waals surface area contributed by atoms with Crippen molar-refractivity contribution >= 4 is 17.2 Å². The van der Waals surface area contributed by atoms with E-state index in [4.69, 9.17) is 5.11 Å². The maximum absolute atomic E-state index is 11.2. The molecule has 0 atom stereocenters. The molecule has 3 nitrogen and oxygen atoms in total. The summed E-state index contributed by atoms with van der Waals surface area (Å²) in [6, 6.07) is 3.94. The molecule has 0 aliphatic carbocycles. The molecule has 0 bridgehead atoms. The normalized spacial score (nSPS) is 10.1. The van der Waals surface area contributed by atoms with Crippen molar-refractivity contribution in [3.63, 3.8) is 0 Å². The van der Waals surface area contributed by atoms with Crippen LogP contribution in [0.5, 0.6) is 0 Å². The summed E-state index contributed by atoms with van der Waals surface area (Å²) in [5.41, 5.74) is 4.76. The lowest BCUT2D eigenvalue weighted by Crippen LogP contribution is -2.09. The van der Waals surface area contributed by atoms with Crippen molar-refractivity contribution in [3.8, 4) is 0 Å². The maximum Gasteiger partial charge on any atom is 0.221 e. The van der Waals surface area contributed by atoms with Gasteiger partial charge in [-0.2, -0.15) is 0 Å². The molecule has 1 aromatic rings. The van der Waals surface area contributed by atoms with Crippen molar-refractivity contribution in [2.24, 2.45) is 0 Å². The van der Waals surface area contributed by atoms with E-state index in [1.165, 1.54) is 6.92 Å². The van der Waals surface area contributed by atoms with Gasteiger partial charge in [-0.3, -0.25) is 4.79 Å². The van der Waals surface area contributed by atoms with Crippen LogP contribution < -0.4 is 5.32 Å². The zero-order chi connectivity index (χ0) is 13.0. The summed E-state index contributed by atoms with van der Waals surface area (Å²) in [6.07, 6.45) is 0.509. The van der Waals surface area contributed by atoms with Crippen LogP contribution in [-0.2, 0) is 4.79 Å². The number of carbonyl (C=O) groups excluding carboxylic acids is 1. The summed E-state index contributed by atoms with van der Waals surface area (Å²) < 4.78 is 0. The van der Waals surface area contributed by atoms with E-state index < -0.39 is 0 Å². The van der Waals surface area contributed by atoms with Crippen LogP contribution in [0.3, 0.4) is 0 Å². The molecule has 0 fully saturated rings. The fourth-order valence-electron chi connectivity index (χ4n) is 1.67. The van der Waals surface area contributed by atoms with Gasteiger partial charge in [0.05, 0.1) is 0 Å². The molecule has 0 heterocycles. The minimum absolute atomic E-state index is 0.0608. The lowest BCUT2D eigenvalue weighted by Gasteiger charge is -2.14. The van der Waals surface area contributed by atoms with E-state index in [9.17, 15) is 4.79 Å². The first-order chi connectivity index (χ1) is 7.95. The molecule has 17 heavy (non-hydrogen) atoms. The number of carbonyl (C=O) groups is 1. The van der Waals surface area contributed by atoms with Gasteiger partial charge in [-0.25, -0.2) is 0 Å². The van der Waals surface area contributed by atoms with Crippen molar-refractivity contribution in [1.29, 1.82) is 0 Å². The van der Waals surface area contributed by atoms with Gasteiger partial charge in [0.1, 0.15) is 0 Å². The molecule has 1 amide bonds. The van der Waals surface area contributed by atoms with Gasteiger partial charge in [0, 0.05) is 24.8 Å². The molecule has 0 radical (unpaired) electrons. The molecule has 0 saturated heterocycles. The average Bonchev–Trinajstić information content (AvgIpc) is 2.22. The van der Waals surface area contributed by atoms with E-state index in [0.29, 0.717) is 6.42 Å². The van der Waals surface area contributed by atoms with E-state index in [2.05, 4.69) is 11.9 Å². The number of nitrogens with one attached hydrogen (secondary N) is 1. The maximum atomic E-state index is 11.2. The lowest BCUT2D eigenvalue weighted by molar-refractivity contribution is -0.114. The lowest BCUT2D eigenvalue weighted by atomic mass is 9.97. The van der Waals surface area contributed by atoms with Crippen LogP contribution in [0.2, 0.25) is 0 Å². The molecule has 0 aliphatic rings. The van der Waals surface area contributed by atoms with E-state index in [1.54, 1.807) is 0 Å². The van der Waals surface area contributed by atoms with Crippen LogP contribution >= 0.6 is 0 Å². The molecular formula is C14H19NO2. The first kappa shape index (κ1) is 13.5. The van der Waals surface area contributed by atoms with Crippen molar-refractivity contribution in [3.05, 3.63) is 35.4 Å². The minimum atomic E-state index is -0.105. The van der Waals surface area contributed by atoms with Gasteiger partial charge in [0.2, 0.25) is 5.91 Å². The molecule has 1 rings (SSSR count). The van der Waals surface area contributed by atoms with E-state index in [0.717, 1.165) is 28.0 Å². The van der Waals surface area contributed by atoms with Crippen molar-refractivity contribution < 1.29 is 9.90 Å². The molecule has 92 valence electrons. The molecule has 3 heteroatoms. The number of aliphatic hydroxyl groups excluding tert-OH is 1. The molecule has 0 spiro atoms. The highest BCUT2D eigenvalue weighted by Crippen LogP contribution is 2.28. The van der Waals surface area contributed by atoms with Gasteiger partial charge < -0.3 is 10.4 Å². The molecule has 0 unspecified atom stereocenters. The van der Waals surface area contributed by atoms with E-state index >= 15 is 0 Å². The highest BCUT2D eigenvalue weighted by Gasteiger charge is 2.09. The Hall–Kier alpha value is -1.61. The van der Waals surface area contributed by atoms with Gasteiger partial charge in [-0.05, 0) is 49.1 Å². The molecular weight excluding hydrogens is 214 g/mol. The number of aryl methyl sites for hydroxylation is 2. The molecule has 2 N–H and O–H groups in total. The Kier molecular flexibility index (Phi) is 4.46. The second-order valence-electron chi connectivity index (χ2n) is 4.24. The Labute approximate surface area is 102 Å². The standard InChI is InChI=1S/C14H19NO2/c1-9(5-6-16)13-7-10(2)11(3)8-14(13)15-12(4)17/h7-8,16H,1,5-6H2,2-4H3,(H,15,17). The third-order valence-electron chi connectivity index (χ3n) is 2.74. The molecule has 0 aromatic heterocycles. The number of hydrogen-bond donors (Lipinski definition) is 2. The Morgan fingerprint density at radius 1 is 1.35 bits per heavy atom. The van der Waals surface area contributed by atoms with Crippen molar-refractivity contribution in [2.45, 2.75) is 27.2 Å². The number of aliphatic hydroxyl groups is 1. The van der Waals surface area contributed by atoms with Crippen molar-refractivity contribution in [2.75, 3.05) is 11.9 Å². The topological polar surface area (TPSA) is 49.3 Å². The Morgan fingerprint density at radius 3 is 2.47 bits per heavy atom. The highest BCUT2D eigenvalue weighted by molar-refractivity contribution is 5.92. The Bertz CT molecular complexity index is 450. The molecule has 0 saturated carbocycles. The smallest absolute Gasteiger partial charge is 0.221 e. The first-order valence-corrected chi connectivity index (χ1v) is 5.63. The van der Waals surface area contributed by atoms with E-state index in [1.807, 2.05) is 26.0 Å². The number of benzene rings is 1. The SMILES string of the molecule is C=C(CCO)c1cc(C)c(C)cc1NC(C)=O. The zero-order valence-electron chi connectivity index (χ0n) is 10.6. The Morgan fingerprint density at radius 2 is 1.94 bits per heavy atom. The molecule has 1 aromatic carbocycles. The monoisotopic (exact) mass is 233 g/mol. The van der Waals surface area contributed by atoms with E-state index in [-0.39, 0.29) is 12.5 Å². The average molecular weight is 233 g/mol. The summed E-state index contributed by atoms with van der Waals surface area (Å²) in [5, 5.41) is 11.7. The van der Waals surface area contributed by atoms with Crippen LogP contribution in [0.4, 0.5) is 5.69 Å². The number of amides is 1. The number of rotatable bonds is 4. The Balaban J connectivity index is 3.20. The quantitative estimate of drug-likeness (QED) is 0.840. The first-order valence-electron chi connectivity index (χ1n) is 5.63. The van der Waals surface area contributed by atoms with Crippen LogP contribution in [0.25, 0.3) is 5.57 Å². The summed E-state index contributed by atoms with van der Waals surface area (Å²) in [4.78, 5) is 11.2. The predicted octanol–water partition coefficient (Wildman–Crippen LogP) is 2.66. The minimum Gasteiger partial charge on any atom is -0.396 e. The van der Waals surface area contributed by atoms with Gasteiger partial charge in [0.25, 0.3) is 0 Å². The van der Waals surface area contributed by atoms with Crippen LogP contribution in [0.15, 0.2) is 18.7 Å². The largest absolute Gasteiger partial charge is 0.396 e. The summed E-state index contributed by atoms with van der Waals surface area (Å²) in [5.74, 6) is -0.105. The second-order valence-corrected chi connectivity index (χ2v) is 4.24. The second kappa shape index (κ2) is 5.64. The van der Waals surface area contributed by atoms with Crippen LogP contribution in [-0.4, -0.2) is 17.6 Å². The number of hydrogen-bond acceptors (Lipinski definition) is 2. The summed E-state index contributed by atoms with van der Waals surface area (Å²) in [7, 11) is 0. The third-order valence-corrected chi connectivity index (χ3v) is 2.74. The number of anilines is 1. The predicted molar refractivity (Wildman–Crippen MR) is 71.0 cm³/mol. The van der Waals surface area contributed by atoms with Gasteiger partial charge >= 0.3 is 0 Å². The van der Waals surface area contributed by atoms with Gasteiger partial charge in [0.15, 0.2) is 0 Å². The fraction of sp³-hybridized carbons (Fsp3) is 0.357. The van der Waals surface area contributed by atoms with Crippen molar-refractivity contribution in [1.82, 2.24) is 0 Å². The highest BCUT2D eigenvalue weighted by atomic mass is 16.3. The third kappa shape index (κ3) is 3.43. The van der Waals surface area contributed by atoms with Gasteiger partial charge in [-0.15, -0.1) is 0 Å². The summed E-state index contributed by atoms with van der Waals surface area (Å²) in [6.45, 7) is 9.50. The fourth-order valence-corrected chi connectivity index (χ4v) is 1.67. The zero-order valence-corrected chi connectivity index (χ0v) is 10.6. The summed E-state index contributed by atoms with van der Waals surface area (Å²) >= 11 is 0. The van der Waals surface area contributed by atoms with Gasteiger partial charge in [-0.1, -0.05) is 6.58 Å². The van der Waals surface area contributed by atoms with Crippen LogP contribution in [0, 0.1) is 13.8 Å².